The summed E-state index contributed by atoms with van der Waals surface area (Å²) in [5, 5.41) is 12.7. The van der Waals surface area contributed by atoms with Crippen LogP contribution in [0.4, 0.5) is 11.4 Å². The minimum Gasteiger partial charge on any atom is -0.269 e. The molecule has 0 radical (unpaired) electrons. The molecule has 0 saturated carbocycles. The molecule has 0 aliphatic heterocycles. The van der Waals surface area contributed by atoms with Gasteiger partial charge in [0.1, 0.15) is 0 Å². The van der Waals surface area contributed by atoms with Crippen LogP contribution in [0.25, 0.3) is 0 Å². The second-order valence-corrected chi connectivity index (χ2v) is 5.60. The summed E-state index contributed by atoms with van der Waals surface area (Å²) in [6.07, 6.45) is 8.18. The van der Waals surface area contributed by atoms with Gasteiger partial charge in [-0.25, -0.2) is 0 Å². The highest BCUT2D eigenvalue weighted by Gasteiger charge is 1.95. The van der Waals surface area contributed by atoms with Crippen LogP contribution in [0.1, 0.15) is 25.7 Å². The van der Waals surface area contributed by atoms with Gasteiger partial charge in [-0.15, -0.1) is 0 Å². The zero-order valence-corrected chi connectivity index (χ0v) is 14.5. The Bertz CT molecular complexity index is 565. The molecule has 0 spiro atoms. The van der Waals surface area contributed by atoms with Crippen molar-refractivity contribution in [3.8, 4) is 0 Å². The van der Waals surface area contributed by atoms with E-state index in [1.165, 1.54) is 0 Å². The highest BCUT2D eigenvalue weighted by Crippen LogP contribution is 2.11. The van der Waals surface area contributed by atoms with E-state index in [1.54, 1.807) is 0 Å². The third-order valence-corrected chi connectivity index (χ3v) is 3.69. The molecule has 0 bridgehead atoms. The molecular weight excluding hydrogens is 296 g/mol. The Morgan fingerprint density at radius 1 is 0.667 bits per heavy atom. The lowest BCUT2D eigenvalue weighted by molar-refractivity contribution is 0.800. The van der Waals surface area contributed by atoms with Crippen molar-refractivity contribution < 1.29 is 0 Å². The van der Waals surface area contributed by atoms with Crippen molar-refractivity contribution in [1.29, 1.82) is 0 Å². The molecule has 0 aliphatic carbocycles. The standard InChI is InChI=1S/C20H26N4/c1-23(19-13-7-5-8-14-19)21-17-11-3-4-12-18-22-24(2)20-15-9-6-10-16-20/h5-10,13-18H,3-4,11-12H2,1-2H3/b21-17+,22-18+. The van der Waals surface area contributed by atoms with E-state index in [4.69, 9.17) is 0 Å². The molecule has 2 aromatic carbocycles. The highest BCUT2D eigenvalue weighted by molar-refractivity contribution is 5.61. The third-order valence-electron chi connectivity index (χ3n) is 3.69. The molecule has 2 rings (SSSR count). The van der Waals surface area contributed by atoms with Gasteiger partial charge in [-0.05, 0) is 49.9 Å². The summed E-state index contributed by atoms with van der Waals surface area (Å²) < 4.78 is 0. The number of hydrogen-bond acceptors (Lipinski definition) is 4. The minimum atomic E-state index is 0.986. The quantitative estimate of drug-likeness (QED) is 0.377. The molecule has 0 aliphatic rings. The number of hydrazone groups is 2. The monoisotopic (exact) mass is 322 g/mol. The number of hydrogen-bond donors (Lipinski definition) is 0. The van der Waals surface area contributed by atoms with Gasteiger partial charge < -0.3 is 0 Å². The molecule has 0 aromatic heterocycles. The number of nitrogens with zero attached hydrogens (tertiary/aromatic N) is 4. The van der Waals surface area contributed by atoms with Gasteiger partial charge in [0.25, 0.3) is 0 Å². The predicted octanol–water partition coefficient (Wildman–Crippen LogP) is 4.79. The molecule has 0 amide bonds. The van der Waals surface area contributed by atoms with E-state index in [9.17, 15) is 0 Å². The Morgan fingerprint density at radius 2 is 1.04 bits per heavy atom. The summed E-state index contributed by atoms with van der Waals surface area (Å²) in [6.45, 7) is 0. The van der Waals surface area contributed by atoms with Crippen LogP contribution in [0.5, 0.6) is 0 Å². The first kappa shape index (κ1) is 17.7. The molecule has 126 valence electrons. The highest BCUT2D eigenvalue weighted by atomic mass is 15.4. The first-order valence-electron chi connectivity index (χ1n) is 8.40. The molecule has 0 N–H and O–H groups in total. The van der Waals surface area contributed by atoms with Gasteiger partial charge in [0.15, 0.2) is 0 Å². The number of benzene rings is 2. The average molecular weight is 322 g/mol. The second kappa shape index (κ2) is 10.2. The zero-order chi connectivity index (χ0) is 17.0. The molecule has 2 aromatic rings. The summed E-state index contributed by atoms with van der Waals surface area (Å²) >= 11 is 0. The van der Waals surface area contributed by atoms with Crippen LogP contribution in [0.2, 0.25) is 0 Å². The van der Waals surface area contributed by atoms with E-state index in [0.717, 1.165) is 37.1 Å². The normalized spacial score (nSPS) is 11.2. The fourth-order valence-corrected chi connectivity index (χ4v) is 2.25. The smallest absolute Gasteiger partial charge is 0.0590 e. The van der Waals surface area contributed by atoms with Crippen molar-refractivity contribution in [2.24, 2.45) is 10.2 Å². The van der Waals surface area contributed by atoms with Crippen LogP contribution in [-0.2, 0) is 0 Å². The Balaban J connectivity index is 1.60. The van der Waals surface area contributed by atoms with Crippen molar-refractivity contribution >= 4 is 23.8 Å². The van der Waals surface area contributed by atoms with Gasteiger partial charge >= 0.3 is 0 Å². The molecule has 4 heteroatoms. The first-order chi connectivity index (χ1) is 11.8. The summed E-state index contributed by atoms with van der Waals surface area (Å²) in [4.78, 5) is 0. The second-order valence-electron chi connectivity index (χ2n) is 5.60. The molecule has 0 heterocycles. The molecule has 0 fully saturated rings. The molecule has 0 atom stereocenters. The molecule has 24 heavy (non-hydrogen) atoms. The number of anilines is 2. The summed E-state index contributed by atoms with van der Waals surface area (Å²) in [5.41, 5.74) is 2.20. The van der Waals surface area contributed by atoms with Crippen LogP contribution in [0, 0.1) is 0 Å². The van der Waals surface area contributed by atoms with Crippen molar-refractivity contribution in [3.05, 3.63) is 60.7 Å². The van der Waals surface area contributed by atoms with Crippen LogP contribution >= 0.6 is 0 Å². The Morgan fingerprint density at radius 3 is 1.42 bits per heavy atom. The SMILES string of the molecule is CN(/N=C/CCCC/C=N/N(C)c1ccccc1)c1ccccc1. The van der Waals surface area contributed by atoms with E-state index in [0.29, 0.717) is 0 Å². The molecular formula is C20H26N4. The maximum atomic E-state index is 4.45. The van der Waals surface area contributed by atoms with Crippen molar-refractivity contribution in [3.63, 3.8) is 0 Å². The van der Waals surface area contributed by atoms with E-state index in [-0.39, 0.29) is 0 Å². The van der Waals surface area contributed by atoms with Gasteiger partial charge in [-0.2, -0.15) is 10.2 Å². The van der Waals surface area contributed by atoms with Crippen LogP contribution in [-0.4, -0.2) is 26.5 Å². The minimum absolute atomic E-state index is 0.986. The predicted molar refractivity (Wildman–Crippen MR) is 105 cm³/mol. The van der Waals surface area contributed by atoms with Crippen LogP contribution in [0.3, 0.4) is 0 Å². The van der Waals surface area contributed by atoms with Gasteiger partial charge in [0.05, 0.1) is 11.4 Å². The maximum absolute atomic E-state index is 4.45. The van der Waals surface area contributed by atoms with E-state index in [2.05, 4.69) is 34.5 Å². The largest absolute Gasteiger partial charge is 0.269 e. The van der Waals surface area contributed by atoms with Crippen LogP contribution in [0.15, 0.2) is 70.9 Å². The zero-order valence-electron chi connectivity index (χ0n) is 14.5. The van der Waals surface area contributed by atoms with E-state index in [1.807, 2.05) is 72.9 Å². The Kier molecular flexibility index (Phi) is 7.54. The van der Waals surface area contributed by atoms with Gasteiger partial charge in [-0.1, -0.05) is 36.4 Å². The Labute approximate surface area is 145 Å². The van der Waals surface area contributed by atoms with Crippen LogP contribution < -0.4 is 10.0 Å². The number of unbranched alkanes of at least 4 members (excludes halogenated alkanes) is 3. The molecule has 0 unspecified atom stereocenters. The number of para-hydroxylation sites is 2. The lowest BCUT2D eigenvalue weighted by Crippen LogP contribution is -2.08. The van der Waals surface area contributed by atoms with Gasteiger partial charge in [-0.3, -0.25) is 10.0 Å². The Hall–Kier alpha value is -2.62. The van der Waals surface area contributed by atoms with Gasteiger partial charge in [0, 0.05) is 26.5 Å². The summed E-state index contributed by atoms with van der Waals surface area (Å²) in [5.74, 6) is 0. The van der Waals surface area contributed by atoms with Crippen molar-refractivity contribution in [1.82, 2.24) is 0 Å². The lowest BCUT2D eigenvalue weighted by atomic mass is 10.2. The van der Waals surface area contributed by atoms with Crippen molar-refractivity contribution in [2.45, 2.75) is 25.7 Å². The molecule has 4 nitrogen and oxygen atoms in total. The van der Waals surface area contributed by atoms with E-state index < -0.39 is 0 Å². The lowest BCUT2D eigenvalue weighted by Gasteiger charge is -2.12. The first-order valence-corrected chi connectivity index (χ1v) is 8.40. The van der Waals surface area contributed by atoms with Gasteiger partial charge in [0.2, 0.25) is 0 Å². The fraction of sp³-hybridized carbons (Fsp3) is 0.300. The summed E-state index contributed by atoms with van der Waals surface area (Å²) in [6, 6.07) is 20.3. The fourth-order valence-electron chi connectivity index (χ4n) is 2.25. The average Bonchev–Trinajstić information content (AvgIpc) is 2.65. The topological polar surface area (TPSA) is 31.2 Å². The summed E-state index contributed by atoms with van der Waals surface area (Å²) in [7, 11) is 3.94. The van der Waals surface area contributed by atoms with Crippen molar-refractivity contribution in [2.75, 3.05) is 24.1 Å². The number of rotatable bonds is 9. The maximum Gasteiger partial charge on any atom is 0.0590 e. The van der Waals surface area contributed by atoms with E-state index >= 15 is 0 Å². The third kappa shape index (κ3) is 6.24. The molecule has 0 saturated heterocycles.